The highest BCUT2D eigenvalue weighted by Crippen LogP contribution is 2.15. The van der Waals surface area contributed by atoms with E-state index in [2.05, 4.69) is 10.1 Å². The molecule has 0 atom stereocenters. The molecule has 0 aliphatic rings. The van der Waals surface area contributed by atoms with Crippen LogP contribution in [0.15, 0.2) is 24.3 Å². The molecule has 102 valence electrons. The van der Waals surface area contributed by atoms with Crippen molar-refractivity contribution in [3.8, 4) is 5.75 Å². The van der Waals surface area contributed by atoms with Gasteiger partial charge in [-0.15, -0.1) is 0 Å². The molecule has 18 heavy (non-hydrogen) atoms. The average Bonchev–Trinajstić information content (AvgIpc) is 2.30. The van der Waals surface area contributed by atoms with Crippen molar-refractivity contribution in [1.82, 2.24) is 5.32 Å². The van der Waals surface area contributed by atoms with E-state index in [0.29, 0.717) is 5.75 Å². The van der Waals surface area contributed by atoms with Crippen LogP contribution in [0.25, 0.3) is 0 Å². The first-order valence-corrected chi connectivity index (χ1v) is 5.52. The van der Waals surface area contributed by atoms with Gasteiger partial charge in [-0.1, -0.05) is 12.1 Å². The second-order valence-electron chi connectivity index (χ2n) is 3.69. The fraction of sp³-hybridized carbons (Fsp3) is 0.500. The molecule has 0 bridgehead atoms. The predicted molar refractivity (Wildman–Crippen MR) is 61.6 cm³/mol. The van der Waals surface area contributed by atoms with E-state index < -0.39 is 12.8 Å². The van der Waals surface area contributed by atoms with Crippen LogP contribution in [0, 0.1) is 0 Å². The van der Waals surface area contributed by atoms with Gasteiger partial charge in [-0.3, -0.25) is 0 Å². The maximum absolute atomic E-state index is 11.8. The minimum atomic E-state index is -4.28. The van der Waals surface area contributed by atoms with Crippen molar-refractivity contribution < 1.29 is 22.6 Å². The largest absolute Gasteiger partial charge is 0.491 e. The molecule has 0 spiro atoms. The zero-order valence-corrected chi connectivity index (χ0v) is 10.1. The minimum Gasteiger partial charge on any atom is -0.491 e. The molecule has 1 aromatic rings. The van der Waals surface area contributed by atoms with Gasteiger partial charge < -0.3 is 14.8 Å². The Morgan fingerprint density at radius 2 is 1.78 bits per heavy atom. The molecule has 0 aromatic heterocycles. The van der Waals surface area contributed by atoms with E-state index in [1.54, 1.807) is 12.1 Å². The van der Waals surface area contributed by atoms with Crippen LogP contribution in [0.4, 0.5) is 13.2 Å². The summed E-state index contributed by atoms with van der Waals surface area (Å²) in [5.74, 6) is 0.616. The Balaban J connectivity index is 2.19. The highest BCUT2D eigenvalue weighted by molar-refractivity contribution is 5.27. The van der Waals surface area contributed by atoms with E-state index in [-0.39, 0.29) is 13.2 Å². The molecule has 6 heteroatoms. The van der Waals surface area contributed by atoms with Crippen LogP contribution in [-0.4, -0.2) is 33.0 Å². The molecule has 0 aliphatic heterocycles. The number of rotatable bonds is 7. The highest BCUT2D eigenvalue weighted by Gasteiger charge is 2.27. The number of hydrogen-bond acceptors (Lipinski definition) is 3. The van der Waals surface area contributed by atoms with Crippen molar-refractivity contribution in [2.24, 2.45) is 0 Å². The average molecular weight is 263 g/mol. The van der Waals surface area contributed by atoms with Gasteiger partial charge in [0.05, 0.1) is 6.61 Å². The second-order valence-corrected chi connectivity index (χ2v) is 3.69. The van der Waals surface area contributed by atoms with Gasteiger partial charge in [-0.2, -0.15) is 13.2 Å². The first-order chi connectivity index (χ1) is 8.51. The molecule has 0 saturated heterocycles. The number of benzene rings is 1. The molecule has 0 unspecified atom stereocenters. The zero-order chi connectivity index (χ0) is 13.4. The standard InChI is InChI=1S/C12H16F3NO2/c1-16-8-10-2-4-11(5-3-10)18-7-6-17-9-12(13,14)15/h2-5,16H,6-9H2,1H3. The molecule has 0 saturated carbocycles. The van der Waals surface area contributed by atoms with Crippen LogP contribution in [0.1, 0.15) is 5.56 Å². The van der Waals surface area contributed by atoms with Crippen molar-refractivity contribution in [2.75, 3.05) is 26.9 Å². The summed E-state index contributed by atoms with van der Waals surface area (Å²) in [6.07, 6.45) is -4.28. The van der Waals surface area contributed by atoms with E-state index in [9.17, 15) is 13.2 Å². The molecular weight excluding hydrogens is 247 g/mol. The maximum atomic E-state index is 11.8. The van der Waals surface area contributed by atoms with E-state index in [1.165, 1.54) is 0 Å². The number of nitrogens with one attached hydrogen (secondary N) is 1. The predicted octanol–water partition coefficient (Wildman–Crippen LogP) is 2.36. The van der Waals surface area contributed by atoms with Crippen molar-refractivity contribution in [2.45, 2.75) is 12.7 Å². The zero-order valence-electron chi connectivity index (χ0n) is 10.1. The highest BCUT2D eigenvalue weighted by atomic mass is 19.4. The summed E-state index contributed by atoms with van der Waals surface area (Å²) in [5.41, 5.74) is 1.11. The lowest BCUT2D eigenvalue weighted by Crippen LogP contribution is -2.19. The van der Waals surface area contributed by atoms with Gasteiger partial charge in [0.2, 0.25) is 0 Å². The van der Waals surface area contributed by atoms with Crippen molar-refractivity contribution in [1.29, 1.82) is 0 Å². The van der Waals surface area contributed by atoms with Crippen LogP contribution in [0.3, 0.4) is 0 Å². The molecule has 0 amide bonds. The van der Waals surface area contributed by atoms with Crippen molar-refractivity contribution >= 4 is 0 Å². The molecule has 1 aromatic carbocycles. The van der Waals surface area contributed by atoms with Crippen LogP contribution in [0.5, 0.6) is 5.75 Å². The Hall–Kier alpha value is -1.27. The maximum Gasteiger partial charge on any atom is 0.411 e. The first kappa shape index (κ1) is 14.8. The second kappa shape index (κ2) is 7.23. The normalized spacial score (nSPS) is 11.6. The lowest BCUT2D eigenvalue weighted by Gasteiger charge is -2.09. The molecule has 0 heterocycles. The van der Waals surface area contributed by atoms with Crippen molar-refractivity contribution in [3.63, 3.8) is 0 Å². The third kappa shape index (κ3) is 6.46. The van der Waals surface area contributed by atoms with Crippen LogP contribution < -0.4 is 10.1 Å². The summed E-state index contributed by atoms with van der Waals surface area (Å²) in [6, 6.07) is 7.33. The lowest BCUT2D eigenvalue weighted by atomic mass is 10.2. The Labute approximate surface area is 104 Å². The van der Waals surface area contributed by atoms with Crippen LogP contribution >= 0.6 is 0 Å². The summed E-state index contributed by atoms with van der Waals surface area (Å²) >= 11 is 0. The summed E-state index contributed by atoms with van der Waals surface area (Å²) < 4.78 is 44.9. The van der Waals surface area contributed by atoms with Gasteiger partial charge in [0.1, 0.15) is 19.0 Å². The topological polar surface area (TPSA) is 30.5 Å². The minimum absolute atomic E-state index is 0.0855. The SMILES string of the molecule is CNCc1ccc(OCCOCC(F)(F)F)cc1. The van der Waals surface area contributed by atoms with E-state index in [1.807, 2.05) is 19.2 Å². The molecule has 0 radical (unpaired) electrons. The summed E-state index contributed by atoms with van der Waals surface area (Å²) in [7, 11) is 1.85. The number of alkyl halides is 3. The molecule has 1 rings (SSSR count). The summed E-state index contributed by atoms with van der Waals surface area (Å²) in [6.45, 7) is -0.467. The summed E-state index contributed by atoms with van der Waals surface area (Å²) in [5, 5.41) is 3.01. The smallest absolute Gasteiger partial charge is 0.411 e. The van der Waals surface area contributed by atoms with Gasteiger partial charge in [0, 0.05) is 6.54 Å². The van der Waals surface area contributed by atoms with E-state index in [4.69, 9.17) is 4.74 Å². The molecule has 1 N–H and O–H groups in total. The first-order valence-electron chi connectivity index (χ1n) is 5.52. The number of halogens is 3. The van der Waals surface area contributed by atoms with E-state index in [0.717, 1.165) is 12.1 Å². The Morgan fingerprint density at radius 3 is 2.33 bits per heavy atom. The van der Waals surface area contributed by atoms with Gasteiger partial charge >= 0.3 is 6.18 Å². The Kier molecular flexibility index (Phi) is 5.94. The van der Waals surface area contributed by atoms with Gasteiger partial charge in [0.25, 0.3) is 0 Å². The number of ether oxygens (including phenoxy) is 2. The monoisotopic (exact) mass is 263 g/mol. The number of hydrogen-bond donors (Lipinski definition) is 1. The van der Waals surface area contributed by atoms with Crippen LogP contribution in [-0.2, 0) is 11.3 Å². The van der Waals surface area contributed by atoms with Gasteiger partial charge in [0.15, 0.2) is 0 Å². The van der Waals surface area contributed by atoms with E-state index >= 15 is 0 Å². The fourth-order valence-electron chi connectivity index (χ4n) is 1.31. The molecule has 0 aliphatic carbocycles. The quantitative estimate of drug-likeness (QED) is 0.766. The van der Waals surface area contributed by atoms with Gasteiger partial charge in [-0.05, 0) is 24.7 Å². The summed E-state index contributed by atoms with van der Waals surface area (Å²) in [4.78, 5) is 0. The third-order valence-corrected chi connectivity index (χ3v) is 2.07. The fourth-order valence-corrected chi connectivity index (χ4v) is 1.31. The van der Waals surface area contributed by atoms with Crippen LogP contribution in [0.2, 0.25) is 0 Å². The molecular formula is C12H16F3NO2. The van der Waals surface area contributed by atoms with Gasteiger partial charge in [-0.25, -0.2) is 0 Å². The lowest BCUT2D eigenvalue weighted by molar-refractivity contribution is -0.175. The van der Waals surface area contributed by atoms with Crippen molar-refractivity contribution in [3.05, 3.63) is 29.8 Å². The molecule has 0 fully saturated rings. The Morgan fingerprint density at radius 1 is 1.11 bits per heavy atom. The third-order valence-electron chi connectivity index (χ3n) is 2.07. The molecule has 3 nitrogen and oxygen atoms in total. The Bertz CT molecular complexity index is 338.